The van der Waals surface area contributed by atoms with Gasteiger partial charge in [-0.15, -0.1) is 4.91 Å². The molecule has 0 amide bonds. The van der Waals surface area contributed by atoms with Gasteiger partial charge in [0.1, 0.15) is 0 Å². The molecule has 0 aromatic carbocycles. The van der Waals surface area contributed by atoms with E-state index in [-0.39, 0.29) is 18.5 Å². The second kappa shape index (κ2) is 2.97. The van der Waals surface area contributed by atoms with Crippen molar-refractivity contribution in [2.75, 3.05) is 0 Å². The molecule has 2 fully saturated rings. The highest BCUT2D eigenvalue weighted by Crippen LogP contribution is 2.43. The van der Waals surface area contributed by atoms with E-state index in [1.807, 2.05) is 0 Å². The Labute approximate surface area is 75.7 Å². The number of nitroso groups, excluding NO2 is 1. The SMILES string of the molecule is O=NN1C2CCC(C2)C1CC(=O)O. The van der Waals surface area contributed by atoms with Crippen LogP contribution in [0.1, 0.15) is 25.7 Å². The van der Waals surface area contributed by atoms with Crippen LogP contribution in [0.4, 0.5) is 0 Å². The number of carboxylic acid groups (broad SMARTS) is 1. The highest BCUT2D eigenvalue weighted by Gasteiger charge is 2.47. The minimum Gasteiger partial charge on any atom is -0.481 e. The molecule has 2 aliphatic rings. The zero-order valence-electron chi connectivity index (χ0n) is 7.22. The second-order valence-corrected chi connectivity index (χ2v) is 3.85. The molecule has 1 heterocycles. The monoisotopic (exact) mass is 184 g/mol. The van der Waals surface area contributed by atoms with Gasteiger partial charge in [-0.1, -0.05) is 0 Å². The van der Waals surface area contributed by atoms with Gasteiger partial charge >= 0.3 is 5.97 Å². The average Bonchev–Trinajstić information content (AvgIpc) is 2.62. The van der Waals surface area contributed by atoms with Crippen LogP contribution in [0.25, 0.3) is 0 Å². The van der Waals surface area contributed by atoms with Crippen molar-refractivity contribution >= 4 is 5.97 Å². The predicted octanol–water partition coefficient (Wildman–Crippen LogP) is 0.995. The Bertz CT molecular complexity index is 244. The van der Waals surface area contributed by atoms with Crippen LogP contribution in [0.3, 0.4) is 0 Å². The fourth-order valence-corrected chi connectivity index (χ4v) is 2.63. The van der Waals surface area contributed by atoms with E-state index < -0.39 is 5.97 Å². The van der Waals surface area contributed by atoms with Gasteiger partial charge in [0, 0.05) is 0 Å². The van der Waals surface area contributed by atoms with Crippen molar-refractivity contribution in [3.63, 3.8) is 0 Å². The zero-order chi connectivity index (χ0) is 9.42. The lowest BCUT2D eigenvalue weighted by molar-refractivity contribution is -0.138. The average molecular weight is 184 g/mol. The number of hydrogen-bond acceptors (Lipinski definition) is 3. The number of fused-ring (bicyclic) bond motifs is 2. The summed E-state index contributed by atoms with van der Waals surface area (Å²) in [6, 6.07) is 0.0700. The molecule has 3 unspecified atom stereocenters. The molecule has 5 nitrogen and oxygen atoms in total. The van der Waals surface area contributed by atoms with Crippen molar-refractivity contribution in [1.82, 2.24) is 5.01 Å². The van der Waals surface area contributed by atoms with Gasteiger partial charge in [-0.3, -0.25) is 9.80 Å². The minimum absolute atomic E-state index is 0.0485. The summed E-state index contributed by atoms with van der Waals surface area (Å²) in [5, 5.41) is 13.0. The largest absolute Gasteiger partial charge is 0.481 e. The first-order valence-electron chi connectivity index (χ1n) is 4.55. The first kappa shape index (κ1) is 8.47. The van der Waals surface area contributed by atoms with E-state index >= 15 is 0 Å². The topological polar surface area (TPSA) is 70.0 Å². The van der Waals surface area contributed by atoms with E-state index in [1.165, 1.54) is 5.01 Å². The van der Waals surface area contributed by atoms with Crippen LogP contribution < -0.4 is 0 Å². The lowest BCUT2D eigenvalue weighted by Crippen LogP contribution is -2.37. The molecule has 3 atom stereocenters. The quantitative estimate of drug-likeness (QED) is 0.664. The number of aliphatic carboxylic acids is 1. The Balaban J connectivity index is 2.08. The van der Waals surface area contributed by atoms with Gasteiger partial charge in [0.25, 0.3) is 0 Å². The Morgan fingerprint density at radius 2 is 2.31 bits per heavy atom. The van der Waals surface area contributed by atoms with E-state index in [0.717, 1.165) is 19.3 Å². The van der Waals surface area contributed by atoms with Gasteiger partial charge in [-0.05, 0) is 25.2 Å². The molecule has 5 heteroatoms. The lowest BCUT2D eigenvalue weighted by Gasteiger charge is -2.28. The molecule has 2 bridgehead atoms. The van der Waals surface area contributed by atoms with E-state index in [0.29, 0.717) is 5.92 Å². The summed E-state index contributed by atoms with van der Waals surface area (Å²) < 4.78 is 0. The van der Waals surface area contributed by atoms with Crippen LogP contribution in [0, 0.1) is 10.8 Å². The van der Waals surface area contributed by atoms with Crippen LogP contribution in [0.2, 0.25) is 0 Å². The molecular formula is C8H12N2O3. The molecule has 72 valence electrons. The summed E-state index contributed by atoms with van der Waals surface area (Å²) >= 11 is 0. The van der Waals surface area contributed by atoms with Crippen molar-refractivity contribution < 1.29 is 9.90 Å². The third-order valence-electron chi connectivity index (χ3n) is 3.18. The van der Waals surface area contributed by atoms with Gasteiger partial charge in [-0.2, -0.15) is 0 Å². The maximum Gasteiger partial charge on any atom is 0.305 e. The van der Waals surface area contributed by atoms with Crippen molar-refractivity contribution in [2.24, 2.45) is 11.2 Å². The van der Waals surface area contributed by atoms with E-state index in [9.17, 15) is 9.70 Å². The van der Waals surface area contributed by atoms with Gasteiger partial charge < -0.3 is 5.11 Å². The molecular weight excluding hydrogens is 172 g/mol. The molecule has 1 aliphatic carbocycles. The van der Waals surface area contributed by atoms with Gasteiger partial charge in [-0.25, -0.2) is 0 Å². The van der Waals surface area contributed by atoms with E-state index in [2.05, 4.69) is 5.29 Å². The van der Waals surface area contributed by atoms with Crippen molar-refractivity contribution in [2.45, 2.75) is 37.8 Å². The lowest BCUT2D eigenvalue weighted by atomic mass is 9.97. The number of rotatable bonds is 3. The van der Waals surface area contributed by atoms with Crippen LogP contribution in [-0.2, 0) is 4.79 Å². The summed E-state index contributed by atoms with van der Waals surface area (Å²) in [6.07, 6.45) is 3.04. The Kier molecular flexibility index (Phi) is 1.94. The summed E-state index contributed by atoms with van der Waals surface area (Å²) in [5.74, 6) is -0.468. The van der Waals surface area contributed by atoms with Crippen LogP contribution in [-0.4, -0.2) is 28.2 Å². The normalized spacial score (nSPS) is 36.6. The van der Waals surface area contributed by atoms with Crippen molar-refractivity contribution in [3.8, 4) is 0 Å². The summed E-state index contributed by atoms with van der Waals surface area (Å²) in [6.45, 7) is 0. The first-order chi connectivity index (χ1) is 6.22. The third-order valence-corrected chi connectivity index (χ3v) is 3.18. The Morgan fingerprint density at radius 1 is 1.54 bits per heavy atom. The molecule has 0 spiro atoms. The fraction of sp³-hybridized carbons (Fsp3) is 0.875. The highest BCUT2D eigenvalue weighted by molar-refractivity contribution is 5.67. The maximum atomic E-state index is 10.5. The third kappa shape index (κ3) is 1.28. The Hall–Kier alpha value is -1.13. The molecule has 0 aromatic heterocycles. The predicted molar refractivity (Wildman–Crippen MR) is 44.8 cm³/mol. The fourth-order valence-electron chi connectivity index (χ4n) is 2.63. The first-order valence-corrected chi connectivity index (χ1v) is 4.55. The highest BCUT2D eigenvalue weighted by atomic mass is 16.4. The zero-order valence-corrected chi connectivity index (χ0v) is 7.22. The molecule has 1 saturated carbocycles. The van der Waals surface area contributed by atoms with Gasteiger partial charge in [0.2, 0.25) is 0 Å². The van der Waals surface area contributed by atoms with Gasteiger partial charge in [0.15, 0.2) is 0 Å². The minimum atomic E-state index is -0.841. The number of carboxylic acids is 1. The second-order valence-electron chi connectivity index (χ2n) is 3.85. The molecule has 0 radical (unpaired) electrons. The van der Waals surface area contributed by atoms with Crippen LogP contribution >= 0.6 is 0 Å². The molecule has 13 heavy (non-hydrogen) atoms. The molecule has 2 rings (SSSR count). The summed E-state index contributed by atoms with van der Waals surface area (Å²) in [7, 11) is 0. The Morgan fingerprint density at radius 3 is 2.92 bits per heavy atom. The standard InChI is InChI=1S/C8H12N2O3/c11-8(12)4-7-5-1-2-6(3-5)10(7)9-13/h5-7H,1-4H2,(H,11,12). The van der Waals surface area contributed by atoms with Gasteiger partial charge in [0.05, 0.1) is 23.8 Å². The molecule has 1 aliphatic heterocycles. The maximum absolute atomic E-state index is 10.5. The summed E-state index contributed by atoms with van der Waals surface area (Å²) in [5.41, 5.74) is 0. The molecule has 0 aromatic rings. The van der Waals surface area contributed by atoms with Crippen molar-refractivity contribution in [3.05, 3.63) is 4.91 Å². The molecule has 1 N–H and O–H groups in total. The molecule has 1 saturated heterocycles. The summed E-state index contributed by atoms with van der Waals surface area (Å²) in [4.78, 5) is 21.0. The van der Waals surface area contributed by atoms with E-state index in [4.69, 9.17) is 5.11 Å². The smallest absolute Gasteiger partial charge is 0.305 e. The number of carbonyl (C=O) groups is 1. The van der Waals surface area contributed by atoms with Crippen molar-refractivity contribution in [1.29, 1.82) is 0 Å². The van der Waals surface area contributed by atoms with Crippen LogP contribution in [0.15, 0.2) is 5.29 Å². The number of hydrogen-bond donors (Lipinski definition) is 1. The van der Waals surface area contributed by atoms with Crippen LogP contribution in [0.5, 0.6) is 0 Å². The number of piperidine rings is 1. The number of nitrogens with zero attached hydrogens (tertiary/aromatic N) is 2. The van der Waals surface area contributed by atoms with E-state index in [1.54, 1.807) is 0 Å².